The molecule has 2 aromatic rings. The molecule has 2 atom stereocenters. The van der Waals surface area contributed by atoms with Crippen LogP contribution in [0.15, 0.2) is 22.7 Å². The molecule has 2 N–H and O–H groups in total. The maximum absolute atomic E-state index is 12.4. The number of rotatable bonds is 8. The molecule has 2 aromatic heterocycles. The first-order chi connectivity index (χ1) is 13.9. The summed E-state index contributed by atoms with van der Waals surface area (Å²) in [5.41, 5.74) is 0. The molecular formula is C19H27N5O3S2. The van der Waals surface area contributed by atoms with E-state index in [-0.39, 0.29) is 12.0 Å². The van der Waals surface area contributed by atoms with Gasteiger partial charge in [-0.25, -0.2) is 4.79 Å². The number of aromatic nitrogens is 3. The van der Waals surface area contributed by atoms with Crippen LogP contribution in [-0.4, -0.2) is 51.2 Å². The van der Waals surface area contributed by atoms with Crippen LogP contribution in [0.3, 0.4) is 0 Å². The van der Waals surface area contributed by atoms with Crippen LogP contribution in [-0.2, 0) is 16.1 Å². The van der Waals surface area contributed by atoms with Gasteiger partial charge in [0, 0.05) is 13.2 Å². The third kappa shape index (κ3) is 6.03. The highest BCUT2D eigenvalue weighted by Gasteiger charge is 2.25. The summed E-state index contributed by atoms with van der Waals surface area (Å²) >= 11 is 2.89. The van der Waals surface area contributed by atoms with Gasteiger partial charge in [0.25, 0.3) is 0 Å². The van der Waals surface area contributed by atoms with E-state index >= 15 is 0 Å². The highest BCUT2D eigenvalue weighted by Crippen LogP contribution is 2.30. The summed E-state index contributed by atoms with van der Waals surface area (Å²) in [5, 5.41) is 15.9. The van der Waals surface area contributed by atoms with Gasteiger partial charge in [-0.05, 0) is 37.1 Å². The van der Waals surface area contributed by atoms with Crippen LogP contribution in [0.5, 0.6) is 0 Å². The second-order valence-corrected chi connectivity index (χ2v) is 9.64. The molecule has 0 aromatic carbocycles. The monoisotopic (exact) mass is 437 g/mol. The number of hydrogen-bond acceptors (Lipinski definition) is 7. The fraction of sp³-hybridized carbons (Fsp3) is 0.579. The second-order valence-electron chi connectivity index (χ2n) is 7.38. The first-order valence-electron chi connectivity index (χ1n) is 9.78. The minimum Gasteiger partial charge on any atom is -0.376 e. The van der Waals surface area contributed by atoms with E-state index in [9.17, 15) is 9.59 Å². The Bertz CT molecular complexity index is 816. The zero-order valence-corrected chi connectivity index (χ0v) is 18.5. The van der Waals surface area contributed by atoms with Gasteiger partial charge in [0.1, 0.15) is 0 Å². The largest absolute Gasteiger partial charge is 0.376 e. The van der Waals surface area contributed by atoms with E-state index in [1.54, 1.807) is 18.3 Å². The van der Waals surface area contributed by atoms with Gasteiger partial charge in [0.2, 0.25) is 5.91 Å². The summed E-state index contributed by atoms with van der Waals surface area (Å²) in [7, 11) is 0. The number of carbonyl (C=O) groups is 2. The van der Waals surface area contributed by atoms with E-state index in [0.717, 1.165) is 30.2 Å². The van der Waals surface area contributed by atoms with E-state index < -0.39 is 11.3 Å². The van der Waals surface area contributed by atoms with Gasteiger partial charge in [-0.3, -0.25) is 14.7 Å². The SMILES string of the molecule is CC(C)CNC(=O)NC(=O)C(C)Sc1nnc(-c2cccs2)n1CC1CCCO1. The molecule has 3 amide bonds. The molecule has 0 aliphatic carbocycles. The predicted molar refractivity (Wildman–Crippen MR) is 114 cm³/mol. The van der Waals surface area contributed by atoms with Crippen molar-refractivity contribution in [3.63, 3.8) is 0 Å². The summed E-state index contributed by atoms with van der Waals surface area (Å²) in [6.07, 6.45) is 2.17. The topological polar surface area (TPSA) is 98.1 Å². The number of thioether (sulfide) groups is 1. The quantitative estimate of drug-likeness (QED) is 0.616. The zero-order chi connectivity index (χ0) is 20.8. The number of amides is 3. The van der Waals surface area contributed by atoms with E-state index in [1.807, 2.05) is 35.9 Å². The van der Waals surface area contributed by atoms with Crippen molar-refractivity contribution in [2.45, 2.75) is 56.7 Å². The van der Waals surface area contributed by atoms with Gasteiger partial charge in [0.05, 0.1) is 22.8 Å². The number of urea groups is 1. The van der Waals surface area contributed by atoms with Crippen molar-refractivity contribution in [3.05, 3.63) is 17.5 Å². The predicted octanol–water partition coefficient (Wildman–Crippen LogP) is 3.15. The third-order valence-corrected chi connectivity index (χ3v) is 6.37. The number of nitrogens with one attached hydrogen (secondary N) is 2. The summed E-state index contributed by atoms with van der Waals surface area (Å²) < 4.78 is 7.81. The van der Waals surface area contributed by atoms with Crippen LogP contribution >= 0.6 is 23.1 Å². The molecule has 8 nitrogen and oxygen atoms in total. The highest BCUT2D eigenvalue weighted by atomic mass is 32.2. The number of thiophene rings is 1. The number of imide groups is 1. The summed E-state index contributed by atoms with van der Waals surface area (Å²) in [5.74, 6) is 0.732. The van der Waals surface area contributed by atoms with E-state index in [0.29, 0.717) is 24.2 Å². The Kier molecular flexibility index (Phi) is 7.68. The van der Waals surface area contributed by atoms with E-state index in [1.165, 1.54) is 11.8 Å². The molecule has 0 saturated carbocycles. The van der Waals surface area contributed by atoms with Crippen molar-refractivity contribution >= 4 is 35.0 Å². The summed E-state index contributed by atoms with van der Waals surface area (Å²) in [6, 6.07) is 3.50. The maximum atomic E-state index is 12.4. The lowest BCUT2D eigenvalue weighted by Crippen LogP contribution is -2.43. The average molecular weight is 438 g/mol. The average Bonchev–Trinajstić information content (AvgIpc) is 3.43. The maximum Gasteiger partial charge on any atom is 0.321 e. The number of ether oxygens (including phenoxy) is 1. The van der Waals surface area contributed by atoms with Gasteiger partial charge < -0.3 is 10.1 Å². The zero-order valence-electron chi connectivity index (χ0n) is 16.9. The molecule has 158 valence electrons. The van der Waals surface area contributed by atoms with Crippen LogP contribution in [0, 0.1) is 5.92 Å². The van der Waals surface area contributed by atoms with Crippen LogP contribution in [0.1, 0.15) is 33.6 Å². The van der Waals surface area contributed by atoms with E-state index in [2.05, 4.69) is 20.8 Å². The Labute approximate surface area is 178 Å². The van der Waals surface area contributed by atoms with Crippen molar-refractivity contribution in [1.29, 1.82) is 0 Å². The Morgan fingerprint density at radius 3 is 2.86 bits per heavy atom. The van der Waals surface area contributed by atoms with Crippen molar-refractivity contribution in [2.24, 2.45) is 5.92 Å². The number of carbonyl (C=O) groups excluding carboxylic acids is 2. The highest BCUT2D eigenvalue weighted by molar-refractivity contribution is 8.00. The first-order valence-corrected chi connectivity index (χ1v) is 11.5. The number of hydrogen-bond donors (Lipinski definition) is 2. The molecule has 1 saturated heterocycles. The molecule has 0 spiro atoms. The Balaban J connectivity index is 1.69. The summed E-state index contributed by atoms with van der Waals surface area (Å²) in [6.45, 7) is 7.67. The molecular weight excluding hydrogens is 410 g/mol. The second kappa shape index (κ2) is 10.2. The smallest absolute Gasteiger partial charge is 0.321 e. The van der Waals surface area contributed by atoms with Crippen LogP contribution in [0.2, 0.25) is 0 Å². The molecule has 3 heterocycles. The summed E-state index contributed by atoms with van der Waals surface area (Å²) in [4.78, 5) is 25.3. The van der Waals surface area contributed by atoms with Crippen LogP contribution in [0.4, 0.5) is 4.79 Å². The molecule has 10 heteroatoms. The molecule has 0 bridgehead atoms. The van der Waals surface area contributed by atoms with Gasteiger partial charge in [-0.1, -0.05) is 31.7 Å². The lowest BCUT2D eigenvalue weighted by molar-refractivity contribution is -0.119. The van der Waals surface area contributed by atoms with Crippen LogP contribution in [0.25, 0.3) is 10.7 Å². The molecule has 29 heavy (non-hydrogen) atoms. The standard InChI is InChI=1S/C19H27N5O3S2/c1-12(2)10-20-18(26)21-17(25)13(3)29-19-23-22-16(15-7-5-9-28-15)24(19)11-14-6-4-8-27-14/h5,7,9,12-14H,4,6,8,10-11H2,1-3H3,(H2,20,21,25,26). The molecule has 3 rings (SSSR count). The van der Waals surface area contributed by atoms with Crippen LogP contribution < -0.4 is 10.6 Å². The normalized spacial score (nSPS) is 17.4. The lowest BCUT2D eigenvalue weighted by atomic mass is 10.2. The van der Waals surface area contributed by atoms with Crippen molar-refractivity contribution in [2.75, 3.05) is 13.2 Å². The molecule has 0 radical (unpaired) electrons. The van der Waals surface area contributed by atoms with Crippen molar-refractivity contribution < 1.29 is 14.3 Å². The minimum atomic E-state index is -0.497. The third-order valence-electron chi connectivity index (χ3n) is 4.43. The fourth-order valence-electron chi connectivity index (χ4n) is 2.89. The van der Waals surface area contributed by atoms with Crippen molar-refractivity contribution in [1.82, 2.24) is 25.4 Å². The Hall–Kier alpha value is -1.91. The van der Waals surface area contributed by atoms with Gasteiger partial charge in [-0.2, -0.15) is 0 Å². The van der Waals surface area contributed by atoms with Gasteiger partial charge >= 0.3 is 6.03 Å². The Morgan fingerprint density at radius 1 is 1.38 bits per heavy atom. The van der Waals surface area contributed by atoms with Gasteiger partial charge in [0.15, 0.2) is 11.0 Å². The van der Waals surface area contributed by atoms with E-state index in [4.69, 9.17) is 4.74 Å². The molecule has 1 aliphatic rings. The molecule has 2 unspecified atom stereocenters. The first kappa shape index (κ1) is 21.8. The minimum absolute atomic E-state index is 0.120. The Morgan fingerprint density at radius 2 is 2.21 bits per heavy atom. The van der Waals surface area contributed by atoms with Crippen molar-refractivity contribution in [3.8, 4) is 10.7 Å². The number of nitrogens with zero attached hydrogens (tertiary/aromatic N) is 3. The molecule has 1 aliphatic heterocycles. The van der Waals surface area contributed by atoms with Gasteiger partial charge in [-0.15, -0.1) is 21.5 Å². The molecule has 1 fully saturated rings. The fourth-order valence-corrected chi connectivity index (χ4v) is 4.46. The lowest BCUT2D eigenvalue weighted by Gasteiger charge is -2.16.